The van der Waals surface area contributed by atoms with Gasteiger partial charge in [-0.05, 0) is 32.0 Å². The van der Waals surface area contributed by atoms with E-state index in [0.717, 1.165) is 0 Å². The van der Waals surface area contributed by atoms with Gasteiger partial charge in [0.25, 0.3) is 0 Å². The van der Waals surface area contributed by atoms with E-state index < -0.39 is 12.0 Å². The number of amides is 2. The second kappa shape index (κ2) is 7.15. The summed E-state index contributed by atoms with van der Waals surface area (Å²) in [4.78, 5) is 24.1. The number of aromatic nitrogens is 2. The molecule has 1 heterocycles. The van der Waals surface area contributed by atoms with Crippen molar-refractivity contribution in [2.45, 2.75) is 13.8 Å². The smallest absolute Gasteiger partial charge is 0.343 e. The van der Waals surface area contributed by atoms with Crippen LogP contribution in [-0.2, 0) is 11.8 Å². The van der Waals surface area contributed by atoms with Crippen molar-refractivity contribution < 1.29 is 14.3 Å². The van der Waals surface area contributed by atoms with E-state index in [0.29, 0.717) is 16.4 Å². The van der Waals surface area contributed by atoms with Gasteiger partial charge in [0.15, 0.2) is 0 Å². The maximum absolute atomic E-state index is 12.1. The molecule has 122 valence electrons. The van der Waals surface area contributed by atoms with E-state index in [1.165, 1.54) is 4.68 Å². The maximum Gasteiger partial charge on any atom is 0.343 e. The standard InChI is InChI=1S/C15H17ClN4O3/c1-4-23-14(21)12-9(2)19-20(3)13(12)18-15(22)17-11-7-5-6-10(16)8-11/h5-8H,4H2,1-3H3,(H2,17,18,22). The molecule has 0 spiro atoms. The number of urea groups is 1. The second-order valence-electron chi connectivity index (χ2n) is 4.74. The van der Waals surface area contributed by atoms with Crippen molar-refractivity contribution in [3.8, 4) is 0 Å². The Morgan fingerprint density at radius 3 is 2.74 bits per heavy atom. The van der Waals surface area contributed by atoms with Crippen LogP contribution < -0.4 is 10.6 Å². The van der Waals surface area contributed by atoms with E-state index >= 15 is 0 Å². The van der Waals surface area contributed by atoms with Gasteiger partial charge in [-0.15, -0.1) is 0 Å². The minimum atomic E-state index is -0.531. The number of benzene rings is 1. The lowest BCUT2D eigenvalue weighted by Gasteiger charge is -2.10. The molecule has 0 unspecified atom stereocenters. The van der Waals surface area contributed by atoms with Gasteiger partial charge in [-0.2, -0.15) is 5.10 Å². The third-order valence-corrected chi connectivity index (χ3v) is 3.25. The third-order valence-electron chi connectivity index (χ3n) is 3.02. The molecule has 2 N–H and O–H groups in total. The molecule has 0 atom stereocenters. The highest BCUT2D eigenvalue weighted by Crippen LogP contribution is 2.21. The predicted molar refractivity (Wildman–Crippen MR) is 88.0 cm³/mol. The van der Waals surface area contributed by atoms with Gasteiger partial charge in [-0.25, -0.2) is 9.59 Å². The molecule has 2 rings (SSSR count). The molecular formula is C15H17ClN4O3. The van der Waals surface area contributed by atoms with E-state index in [2.05, 4.69) is 15.7 Å². The molecule has 2 aromatic rings. The molecule has 0 radical (unpaired) electrons. The van der Waals surface area contributed by atoms with Crippen LogP contribution in [-0.4, -0.2) is 28.4 Å². The minimum absolute atomic E-state index is 0.232. The zero-order chi connectivity index (χ0) is 17.0. The Balaban J connectivity index is 2.19. The number of rotatable bonds is 4. The van der Waals surface area contributed by atoms with Crippen molar-refractivity contribution >= 4 is 35.1 Å². The summed E-state index contributed by atoms with van der Waals surface area (Å²) in [7, 11) is 1.63. The molecular weight excluding hydrogens is 320 g/mol. The molecule has 1 aromatic heterocycles. The van der Waals surface area contributed by atoms with Gasteiger partial charge in [0.2, 0.25) is 0 Å². The topological polar surface area (TPSA) is 85.2 Å². The Bertz CT molecular complexity index is 742. The highest BCUT2D eigenvalue weighted by molar-refractivity contribution is 6.30. The van der Waals surface area contributed by atoms with Crippen molar-refractivity contribution in [3.05, 3.63) is 40.5 Å². The van der Waals surface area contributed by atoms with Crippen molar-refractivity contribution in [2.24, 2.45) is 7.05 Å². The molecule has 0 fully saturated rings. The van der Waals surface area contributed by atoms with E-state index in [1.54, 1.807) is 45.2 Å². The monoisotopic (exact) mass is 336 g/mol. The average molecular weight is 337 g/mol. The number of hydrogen-bond acceptors (Lipinski definition) is 4. The van der Waals surface area contributed by atoms with Gasteiger partial charge in [-0.1, -0.05) is 17.7 Å². The van der Waals surface area contributed by atoms with Crippen LogP contribution in [0.1, 0.15) is 23.0 Å². The maximum atomic E-state index is 12.1. The Morgan fingerprint density at radius 2 is 2.09 bits per heavy atom. The Hall–Kier alpha value is -2.54. The largest absolute Gasteiger partial charge is 0.462 e. The summed E-state index contributed by atoms with van der Waals surface area (Å²) in [5.41, 5.74) is 1.24. The van der Waals surface area contributed by atoms with Gasteiger partial charge in [0.1, 0.15) is 11.4 Å². The summed E-state index contributed by atoms with van der Waals surface area (Å²) in [6, 6.07) is 6.22. The Kier molecular flexibility index (Phi) is 5.23. The van der Waals surface area contributed by atoms with Crippen LogP contribution in [0.2, 0.25) is 5.02 Å². The Labute approximate surface area is 138 Å². The van der Waals surface area contributed by atoms with E-state index in [4.69, 9.17) is 16.3 Å². The fourth-order valence-electron chi connectivity index (χ4n) is 2.09. The van der Waals surface area contributed by atoms with Crippen LogP contribution in [0.3, 0.4) is 0 Å². The van der Waals surface area contributed by atoms with Gasteiger partial charge in [0, 0.05) is 17.8 Å². The zero-order valence-corrected chi connectivity index (χ0v) is 13.8. The number of aryl methyl sites for hydroxylation is 2. The molecule has 8 heteroatoms. The average Bonchev–Trinajstić information content (AvgIpc) is 2.73. The first-order chi connectivity index (χ1) is 10.9. The van der Waals surface area contributed by atoms with Crippen LogP contribution in [0.15, 0.2) is 24.3 Å². The molecule has 0 bridgehead atoms. The molecule has 23 heavy (non-hydrogen) atoms. The molecule has 1 aromatic carbocycles. The first-order valence-corrected chi connectivity index (χ1v) is 7.34. The predicted octanol–water partition coefficient (Wildman–Crippen LogP) is 3.20. The highest BCUT2D eigenvalue weighted by atomic mass is 35.5. The van der Waals surface area contributed by atoms with Crippen molar-refractivity contribution in [1.29, 1.82) is 0 Å². The van der Waals surface area contributed by atoms with Crippen molar-refractivity contribution in [2.75, 3.05) is 17.2 Å². The summed E-state index contributed by atoms with van der Waals surface area (Å²) in [5, 5.41) is 9.90. The summed E-state index contributed by atoms with van der Waals surface area (Å²) in [5.74, 6) is -0.267. The number of carbonyl (C=O) groups excluding carboxylic acids is 2. The number of anilines is 2. The van der Waals surface area contributed by atoms with Gasteiger partial charge >= 0.3 is 12.0 Å². The number of ether oxygens (including phenoxy) is 1. The van der Waals surface area contributed by atoms with E-state index in [9.17, 15) is 9.59 Å². The Morgan fingerprint density at radius 1 is 1.35 bits per heavy atom. The fourth-order valence-corrected chi connectivity index (χ4v) is 2.28. The van der Waals surface area contributed by atoms with Crippen molar-refractivity contribution in [1.82, 2.24) is 9.78 Å². The normalized spacial score (nSPS) is 10.3. The number of nitrogens with one attached hydrogen (secondary N) is 2. The molecule has 0 saturated heterocycles. The quantitative estimate of drug-likeness (QED) is 0.839. The van der Waals surface area contributed by atoms with Crippen LogP contribution in [0, 0.1) is 6.92 Å². The number of hydrogen-bond donors (Lipinski definition) is 2. The van der Waals surface area contributed by atoms with E-state index in [1.807, 2.05) is 0 Å². The van der Waals surface area contributed by atoms with Crippen LogP contribution >= 0.6 is 11.6 Å². The number of halogens is 1. The fraction of sp³-hybridized carbons (Fsp3) is 0.267. The lowest BCUT2D eigenvalue weighted by atomic mass is 10.2. The third kappa shape index (κ3) is 4.01. The van der Waals surface area contributed by atoms with Gasteiger partial charge in [-0.3, -0.25) is 10.00 Å². The summed E-state index contributed by atoms with van der Waals surface area (Å²) in [6.07, 6.45) is 0. The minimum Gasteiger partial charge on any atom is -0.462 e. The lowest BCUT2D eigenvalue weighted by molar-refractivity contribution is 0.0526. The summed E-state index contributed by atoms with van der Waals surface area (Å²) in [6.45, 7) is 3.62. The van der Waals surface area contributed by atoms with Crippen LogP contribution in [0.25, 0.3) is 0 Å². The second-order valence-corrected chi connectivity index (χ2v) is 5.18. The first kappa shape index (κ1) is 16.8. The lowest BCUT2D eigenvalue weighted by Crippen LogP contribution is -2.22. The summed E-state index contributed by atoms with van der Waals surface area (Å²) < 4.78 is 6.41. The van der Waals surface area contributed by atoms with Crippen LogP contribution in [0.4, 0.5) is 16.3 Å². The molecule has 0 aliphatic rings. The SMILES string of the molecule is CCOC(=O)c1c(C)nn(C)c1NC(=O)Nc1cccc(Cl)c1. The van der Waals surface area contributed by atoms with Crippen molar-refractivity contribution in [3.63, 3.8) is 0 Å². The number of carbonyl (C=O) groups is 2. The molecule has 0 aliphatic heterocycles. The molecule has 0 saturated carbocycles. The highest BCUT2D eigenvalue weighted by Gasteiger charge is 2.22. The van der Waals surface area contributed by atoms with Gasteiger partial charge < -0.3 is 10.1 Å². The number of esters is 1. The van der Waals surface area contributed by atoms with Crippen LogP contribution in [0.5, 0.6) is 0 Å². The molecule has 2 amide bonds. The summed E-state index contributed by atoms with van der Waals surface area (Å²) >= 11 is 5.87. The molecule has 7 nitrogen and oxygen atoms in total. The van der Waals surface area contributed by atoms with E-state index in [-0.39, 0.29) is 18.0 Å². The van der Waals surface area contributed by atoms with Gasteiger partial charge in [0.05, 0.1) is 12.3 Å². The zero-order valence-electron chi connectivity index (χ0n) is 13.0. The first-order valence-electron chi connectivity index (χ1n) is 6.96. The molecule has 0 aliphatic carbocycles. The number of nitrogens with zero attached hydrogens (tertiary/aromatic N) is 2.